The molecule has 1 unspecified atom stereocenters. The lowest BCUT2D eigenvalue weighted by Gasteiger charge is -2.09. The van der Waals surface area contributed by atoms with Crippen LogP contribution in [0, 0.1) is 5.39 Å². The van der Waals surface area contributed by atoms with Crippen molar-refractivity contribution in [2.45, 2.75) is 18.9 Å². The van der Waals surface area contributed by atoms with Crippen molar-refractivity contribution in [3.63, 3.8) is 0 Å². The third kappa shape index (κ3) is 2.45. The van der Waals surface area contributed by atoms with Crippen molar-refractivity contribution >= 4 is 5.69 Å². The molecule has 2 rings (SSSR count). The van der Waals surface area contributed by atoms with Gasteiger partial charge in [-0.15, -0.1) is 0 Å². The van der Waals surface area contributed by atoms with Crippen LogP contribution in [0.1, 0.15) is 12.8 Å². The fourth-order valence-electron chi connectivity index (χ4n) is 1.62. The van der Waals surface area contributed by atoms with E-state index in [1.165, 1.54) is 0 Å². The third-order valence-electron chi connectivity index (χ3n) is 2.42. The second kappa shape index (κ2) is 4.76. The Balaban J connectivity index is 1.95. The second-order valence-electron chi connectivity index (χ2n) is 3.51. The summed E-state index contributed by atoms with van der Waals surface area (Å²) in [6, 6.07) is 7.13. The molecule has 1 aliphatic heterocycles. The van der Waals surface area contributed by atoms with E-state index in [0.717, 1.165) is 19.4 Å². The molecule has 1 atom stereocenters. The van der Waals surface area contributed by atoms with Crippen LogP contribution in [-0.2, 0) is 4.74 Å². The predicted molar refractivity (Wildman–Crippen MR) is 55.7 cm³/mol. The van der Waals surface area contributed by atoms with Gasteiger partial charge in [0.2, 0.25) is 11.1 Å². The Hall–Kier alpha value is -1.60. The van der Waals surface area contributed by atoms with E-state index < -0.39 is 0 Å². The number of nitrogens with zero attached hydrogens (tertiary/aromatic N) is 2. The minimum Gasteiger partial charge on any atom is -0.483 e. The topological polar surface area (TPSA) is 46.6 Å². The van der Waals surface area contributed by atoms with Crippen LogP contribution in [0.5, 0.6) is 5.75 Å². The number of diazo groups is 1. The van der Waals surface area contributed by atoms with Crippen molar-refractivity contribution in [2.75, 3.05) is 13.2 Å². The zero-order chi connectivity index (χ0) is 10.5. The summed E-state index contributed by atoms with van der Waals surface area (Å²) in [6.45, 7) is 1.34. The zero-order valence-corrected chi connectivity index (χ0v) is 8.43. The molecule has 1 aromatic carbocycles. The summed E-state index contributed by atoms with van der Waals surface area (Å²) in [6.07, 6.45) is 2.31. The van der Waals surface area contributed by atoms with Gasteiger partial charge in [-0.3, -0.25) is 0 Å². The first-order valence-electron chi connectivity index (χ1n) is 5.08. The van der Waals surface area contributed by atoms with Crippen LogP contribution in [-0.4, -0.2) is 19.3 Å². The van der Waals surface area contributed by atoms with E-state index in [4.69, 9.17) is 14.9 Å². The monoisotopic (exact) mass is 205 g/mol. The largest absolute Gasteiger partial charge is 0.483 e. The molecule has 0 spiro atoms. The number of hydrogen-bond acceptors (Lipinski definition) is 3. The fourth-order valence-corrected chi connectivity index (χ4v) is 1.62. The molecule has 15 heavy (non-hydrogen) atoms. The van der Waals surface area contributed by atoms with Gasteiger partial charge in [0.1, 0.15) is 6.61 Å². The highest BCUT2D eigenvalue weighted by Crippen LogP contribution is 2.27. The molecule has 4 heteroatoms. The van der Waals surface area contributed by atoms with Gasteiger partial charge >= 0.3 is 5.69 Å². The Kier molecular flexibility index (Phi) is 3.15. The van der Waals surface area contributed by atoms with Gasteiger partial charge in [-0.25, -0.2) is 0 Å². The summed E-state index contributed by atoms with van der Waals surface area (Å²) < 4.78 is 11.0. The molecule has 0 bridgehead atoms. The maximum absolute atomic E-state index is 8.72. The van der Waals surface area contributed by atoms with E-state index in [2.05, 4.69) is 4.98 Å². The van der Waals surface area contributed by atoms with Gasteiger partial charge in [-0.05, 0) is 18.9 Å². The summed E-state index contributed by atoms with van der Waals surface area (Å²) in [5.41, 5.74) is 0.454. The molecule has 0 aliphatic carbocycles. The minimum absolute atomic E-state index is 0.178. The van der Waals surface area contributed by atoms with Gasteiger partial charge in [0.15, 0.2) is 4.98 Å². The molecule has 1 saturated heterocycles. The highest BCUT2D eigenvalue weighted by molar-refractivity contribution is 5.56. The predicted octanol–water partition coefficient (Wildman–Crippen LogP) is 2.73. The molecule has 0 amide bonds. The Labute approximate surface area is 88.4 Å². The summed E-state index contributed by atoms with van der Waals surface area (Å²) in [5.74, 6) is 0.593. The SMILES string of the molecule is N#[N+]c1ccccc1OCC1CCCO1. The highest BCUT2D eigenvalue weighted by atomic mass is 16.5. The van der Waals surface area contributed by atoms with Crippen LogP contribution in [0.15, 0.2) is 24.3 Å². The Morgan fingerprint density at radius 3 is 3.07 bits per heavy atom. The molecule has 0 aromatic heterocycles. The number of para-hydroxylation sites is 1. The van der Waals surface area contributed by atoms with Crippen molar-refractivity contribution in [1.82, 2.24) is 0 Å². The Morgan fingerprint density at radius 2 is 2.33 bits per heavy atom. The van der Waals surface area contributed by atoms with Gasteiger partial charge in [0.25, 0.3) is 0 Å². The maximum Gasteiger partial charge on any atom is 0.426 e. The molecule has 0 radical (unpaired) electrons. The van der Waals surface area contributed by atoms with E-state index in [0.29, 0.717) is 18.0 Å². The highest BCUT2D eigenvalue weighted by Gasteiger charge is 2.19. The third-order valence-corrected chi connectivity index (χ3v) is 2.42. The molecule has 0 N–H and O–H groups in total. The number of ether oxygens (including phenoxy) is 2. The summed E-state index contributed by atoms with van der Waals surface area (Å²) in [4.78, 5) is 3.15. The lowest BCUT2D eigenvalue weighted by Crippen LogP contribution is -2.16. The summed E-state index contributed by atoms with van der Waals surface area (Å²) >= 11 is 0. The van der Waals surface area contributed by atoms with E-state index in [-0.39, 0.29) is 6.10 Å². The summed E-state index contributed by atoms with van der Waals surface area (Å²) in [7, 11) is 0. The van der Waals surface area contributed by atoms with Crippen molar-refractivity contribution in [3.8, 4) is 5.75 Å². The van der Waals surface area contributed by atoms with Crippen molar-refractivity contribution < 1.29 is 9.47 Å². The Morgan fingerprint density at radius 1 is 1.47 bits per heavy atom. The van der Waals surface area contributed by atoms with E-state index in [9.17, 15) is 0 Å². The van der Waals surface area contributed by atoms with Crippen molar-refractivity contribution in [2.24, 2.45) is 0 Å². The molecular weight excluding hydrogens is 192 g/mol. The second-order valence-corrected chi connectivity index (χ2v) is 3.51. The Bertz CT molecular complexity index is 367. The number of rotatable bonds is 3. The molecule has 1 aliphatic rings. The van der Waals surface area contributed by atoms with Crippen LogP contribution in [0.3, 0.4) is 0 Å². The average molecular weight is 205 g/mol. The van der Waals surface area contributed by atoms with Gasteiger partial charge in [-0.2, -0.15) is 0 Å². The molecule has 0 saturated carbocycles. The number of benzene rings is 1. The lowest BCUT2D eigenvalue weighted by molar-refractivity contribution is 0.0682. The van der Waals surface area contributed by atoms with Crippen LogP contribution >= 0.6 is 0 Å². The normalized spacial score (nSPS) is 19.8. The first kappa shape index (κ1) is 9.94. The van der Waals surface area contributed by atoms with Gasteiger partial charge in [0, 0.05) is 12.7 Å². The van der Waals surface area contributed by atoms with Gasteiger partial charge < -0.3 is 9.47 Å². The van der Waals surface area contributed by atoms with Gasteiger partial charge in [0.05, 0.1) is 6.10 Å². The smallest absolute Gasteiger partial charge is 0.426 e. The first-order valence-corrected chi connectivity index (χ1v) is 5.08. The van der Waals surface area contributed by atoms with Crippen LogP contribution in [0.2, 0.25) is 0 Å². The summed E-state index contributed by atoms with van der Waals surface area (Å²) in [5, 5.41) is 8.72. The molecule has 78 valence electrons. The van der Waals surface area contributed by atoms with Crippen LogP contribution in [0.4, 0.5) is 5.69 Å². The van der Waals surface area contributed by atoms with Crippen molar-refractivity contribution in [1.29, 1.82) is 5.39 Å². The van der Waals surface area contributed by atoms with Crippen LogP contribution in [0.25, 0.3) is 4.98 Å². The van der Waals surface area contributed by atoms with Crippen LogP contribution < -0.4 is 4.74 Å². The molecular formula is C11H13N2O2+. The molecule has 4 nitrogen and oxygen atoms in total. The van der Waals surface area contributed by atoms with E-state index >= 15 is 0 Å². The van der Waals surface area contributed by atoms with E-state index in [1.54, 1.807) is 18.2 Å². The first-order chi connectivity index (χ1) is 7.40. The molecule has 1 fully saturated rings. The quantitative estimate of drug-likeness (QED) is 0.713. The standard InChI is InChI=1S/C11H13N2O2/c12-13-10-5-1-2-6-11(10)15-8-9-4-3-7-14-9/h1-2,5-6,9H,3-4,7-8H2/q+1. The van der Waals surface area contributed by atoms with Gasteiger partial charge in [-0.1, -0.05) is 12.1 Å². The molecule has 1 heterocycles. The average Bonchev–Trinajstić information content (AvgIpc) is 2.79. The lowest BCUT2D eigenvalue weighted by atomic mass is 10.2. The number of hydrogen-bond donors (Lipinski definition) is 0. The molecule has 1 aromatic rings. The van der Waals surface area contributed by atoms with E-state index in [1.807, 2.05) is 6.07 Å². The fraction of sp³-hybridized carbons (Fsp3) is 0.455. The maximum atomic E-state index is 8.72. The minimum atomic E-state index is 0.178. The van der Waals surface area contributed by atoms with Crippen molar-refractivity contribution in [3.05, 3.63) is 29.2 Å². The zero-order valence-electron chi connectivity index (χ0n) is 8.43.